The minimum atomic E-state index is -0.337. The van der Waals surface area contributed by atoms with E-state index in [9.17, 15) is 4.53 Å². The molecule has 0 fully saturated rings. The van der Waals surface area contributed by atoms with E-state index in [0.717, 1.165) is 33.5 Å². The zero-order valence-corrected chi connectivity index (χ0v) is 19.2. The quantitative estimate of drug-likeness (QED) is 0.421. The Bertz CT molecular complexity index is 995. The Kier molecular flexibility index (Phi) is 7.85. The third-order valence-electron chi connectivity index (χ3n) is 5.76. The first kappa shape index (κ1) is 23.7. The maximum absolute atomic E-state index is 12.4. The molecule has 1 heterocycles. The lowest BCUT2D eigenvalue weighted by atomic mass is 9.68. The number of benzene rings is 2. The summed E-state index contributed by atoms with van der Waals surface area (Å²) in [6.07, 6.45) is 4.16. The van der Waals surface area contributed by atoms with Crippen molar-refractivity contribution in [2.75, 3.05) is 6.61 Å². The van der Waals surface area contributed by atoms with Gasteiger partial charge in [0.05, 0.1) is 29.0 Å². The Hall–Kier alpha value is -2.59. The molecule has 0 bridgehead atoms. The lowest BCUT2D eigenvalue weighted by Crippen LogP contribution is -2.34. The zero-order chi connectivity index (χ0) is 22.4. The second-order valence-corrected chi connectivity index (χ2v) is 8.46. The van der Waals surface area contributed by atoms with Crippen LogP contribution in [0.4, 0.5) is 4.53 Å². The Morgan fingerprint density at radius 3 is 2.23 bits per heavy atom. The van der Waals surface area contributed by atoms with Crippen LogP contribution in [0.5, 0.6) is 0 Å². The number of fused-ring (bicyclic) bond motifs is 1. The summed E-state index contributed by atoms with van der Waals surface area (Å²) in [5.74, 6) is 0. The summed E-state index contributed by atoms with van der Waals surface area (Å²) in [5, 5.41) is 0. The molecule has 3 aromatic rings. The van der Waals surface area contributed by atoms with Crippen LogP contribution >= 0.6 is 0 Å². The van der Waals surface area contributed by atoms with E-state index >= 15 is 0 Å². The van der Waals surface area contributed by atoms with Gasteiger partial charge in [0, 0.05) is 11.0 Å². The Morgan fingerprint density at radius 2 is 1.60 bits per heavy atom. The number of hydrogen-bond acceptors (Lipinski definition) is 3. The summed E-state index contributed by atoms with van der Waals surface area (Å²) < 4.78 is 12.4. The lowest BCUT2D eigenvalue weighted by Gasteiger charge is -2.38. The van der Waals surface area contributed by atoms with Gasteiger partial charge in [-0.25, -0.2) is 9.97 Å². The van der Waals surface area contributed by atoms with E-state index in [1.165, 1.54) is 0 Å². The summed E-state index contributed by atoms with van der Waals surface area (Å²) >= 11 is 0. The Labute approximate surface area is 179 Å². The van der Waals surface area contributed by atoms with Crippen molar-refractivity contribution in [3.8, 4) is 11.3 Å². The lowest BCUT2D eigenvalue weighted by molar-refractivity contribution is -0.171. The molecule has 30 heavy (non-hydrogen) atoms. The highest BCUT2D eigenvalue weighted by atomic mass is 19.3. The van der Waals surface area contributed by atoms with Gasteiger partial charge in [0.25, 0.3) is 0 Å². The summed E-state index contributed by atoms with van der Waals surface area (Å²) in [6.45, 7) is 14.2. The molecule has 3 rings (SSSR count). The highest BCUT2D eigenvalue weighted by Gasteiger charge is 2.35. The van der Waals surface area contributed by atoms with Crippen LogP contribution in [0.1, 0.15) is 52.8 Å². The molecule has 0 saturated carbocycles. The van der Waals surface area contributed by atoms with Crippen molar-refractivity contribution in [3.05, 3.63) is 65.9 Å². The van der Waals surface area contributed by atoms with Crippen molar-refractivity contribution in [1.82, 2.24) is 9.97 Å². The third kappa shape index (κ3) is 5.31. The van der Waals surface area contributed by atoms with E-state index in [1.54, 1.807) is 0 Å². The molecule has 0 aliphatic heterocycles. The van der Waals surface area contributed by atoms with Crippen LogP contribution in [0.2, 0.25) is 0 Å². The number of aryl methyl sites for hydroxylation is 1. The molecule has 0 spiro atoms. The molecule has 0 aliphatic carbocycles. The first-order chi connectivity index (χ1) is 14.2. The van der Waals surface area contributed by atoms with Crippen molar-refractivity contribution >= 4 is 17.1 Å². The van der Waals surface area contributed by atoms with E-state index in [-0.39, 0.29) is 17.4 Å². The SMILES string of the molecule is CC.Cc1nc2cc(/C=C/C(C)(C)C(C)(C)COF)ccc2nc1-c1ccccc1. The number of allylic oxidation sites excluding steroid dienone is 1. The van der Waals surface area contributed by atoms with Crippen LogP contribution in [0.25, 0.3) is 28.4 Å². The molecule has 0 atom stereocenters. The molecule has 4 heteroatoms. The third-order valence-corrected chi connectivity index (χ3v) is 5.76. The van der Waals surface area contributed by atoms with Gasteiger partial charge in [-0.15, -0.1) is 0 Å². The maximum Gasteiger partial charge on any atom is 0.0935 e. The molecule has 0 unspecified atom stereocenters. The van der Waals surface area contributed by atoms with Crippen LogP contribution in [0, 0.1) is 17.8 Å². The van der Waals surface area contributed by atoms with Crippen molar-refractivity contribution in [3.63, 3.8) is 0 Å². The number of halogens is 1. The van der Waals surface area contributed by atoms with E-state index in [0.29, 0.717) is 0 Å². The van der Waals surface area contributed by atoms with E-state index in [2.05, 4.69) is 30.9 Å². The minimum absolute atomic E-state index is 0.0506. The predicted molar refractivity (Wildman–Crippen MR) is 125 cm³/mol. The van der Waals surface area contributed by atoms with E-state index in [4.69, 9.17) is 9.97 Å². The Balaban J connectivity index is 0.00000155. The van der Waals surface area contributed by atoms with Gasteiger partial charge >= 0.3 is 0 Å². The van der Waals surface area contributed by atoms with Gasteiger partial charge in [0.15, 0.2) is 0 Å². The van der Waals surface area contributed by atoms with Gasteiger partial charge in [-0.3, -0.25) is 0 Å². The second-order valence-electron chi connectivity index (χ2n) is 8.46. The molecule has 0 aliphatic rings. The van der Waals surface area contributed by atoms with E-state index < -0.39 is 0 Å². The van der Waals surface area contributed by atoms with Gasteiger partial charge in [-0.05, 0) is 34.6 Å². The molecule has 0 radical (unpaired) electrons. The van der Waals surface area contributed by atoms with Gasteiger partial charge in [-0.2, -0.15) is 4.94 Å². The summed E-state index contributed by atoms with van der Waals surface area (Å²) in [7, 11) is 0. The van der Waals surface area contributed by atoms with Gasteiger partial charge in [0.2, 0.25) is 0 Å². The molecule has 1 aromatic heterocycles. The first-order valence-electron chi connectivity index (χ1n) is 10.5. The largest absolute Gasteiger partial charge is 0.249 e. The highest BCUT2D eigenvalue weighted by molar-refractivity contribution is 5.80. The summed E-state index contributed by atoms with van der Waals surface area (Å²) in [4.78, 5) is 13.5. The van der Waals surface area contributed by atoms with Crippen LogP contribution in [0.3, 0.4) is 0 Å². The molecule has 0 amide bonds. The number of rotatable bonds is 6. The first-order valence-corrected chi connectivity index (χ1v) is 10.5. The molecule has 160 valence electrons. The molecule has 0 saturated heterocycles. The van der Waals surface area contributed by atoms with Gasteiger partial charge < -0.3 is 0 Å². The van der Waals surface area contributed by atoms with Gasteiger partial charge in [-0.1, -0.05) is 90.1 Å². The summed E-state index contributed by atoms with van der Waals surface area (Å²) in [6, 6.07) is 16.2. The van der Waals surface area contributed by atoms with Crippen LogP contribution in [-0.4, -0.2) is 16.6 Å². The highest BCUT2D eigenvalue weighted by Crippen LogP contribution is 2.40. The number of nitrogens with zero attached hydrogens (tertiary/aromatic N) is 2. The zero-order valence-electron chi connectivity index (χ0n) is 19.2. The maximum atomic E-state index is 12.4. The van der Waals surface area contributed by atoms with Crippen LogP contribution < -0.4 is 0 Å². The fraction of sp³-hybridized carbons (Fsp3) is 0.385. The fourth-order valence-corrected chi connectivity index (χ4v) is 2.99. The number of aromatic nitrogens is 2. The predicted octanol–water partition coefficient (Wildman–Crippen LogP) is 7.60. The normalized spacial score (nSPS) is 12.1. The Morgan fingerprint density at radius 1 is 0.933 bits per heavy atom. The monoisotopic (exact) mass is 408 g/mol. The summed E-state index contributed by atoms with van der Waals surface area (Å²) in [5.41, 5.74) is 5.07. The van der Waals surface area contributed by atoms with Gasteiger partial charge in [0.1, 0.15) is 0 Å². The fourth-order valence-electron chi connectivity index (χ4n) is 2.99. The second kappa shape index (κ2) is 9.94. The average Bonchev–Trinajstić information content (AvgIpc) is 2.73. The van der Waals surface area contributed by atoms with Crippen molar-refractivity contribution < 1.29 is 9.47 Å². The smallest absolute Gasteiger partial charge is 0.0935 e. The topological polar surface area (TPSA) is 35.0 Å². The van der Waals surface area contributed by atoms with Crippen LogP contribution in [-0.2, 0) is 4.94 Å². The molecule has 2 aromatic carbocycles. The van der Waals surface area contributed by atoms with Crippen molar-refractivity contribution in [2.45, 2.75) is 48.5 Å². The van der Waals surface area contributed by atoms with Crippen molar-refractivity contribution in [2.24, 2.45) is 10.8 Å². The minimum Gasteiger partial charge on any atom is -0.249 e. The molecular formula is C26H33FN2O. The van der Waals surface area contributed by atoms with E-state index in [1.807, 2.05) is 83.1 Å². The average molecular weight is 409 g/mol. The number of hydrogen-bond donors (Lipinski definition) is 0. The van der Waals surface area contributed by atoms with Crippen LogP contribution in [0.15, 0.2) is 54.6 Å². The molecular weight excluding hydrogens is 375 g/mol. The molecule has 0 N–H and O–H groups in total. The standard InChI is InChI=1S/C24H27FN2O.C2H6/c1-17-22(19-9-7-6-8-10-19)27-20-12-11-18(15-21(20)26-17)13-14-23(2,3)24(4,5)16-28-25;1-2/h6-15H,16H2,1-5H3;1-2H3/b14-13+;. The molecule has 3 nitrogen and oxygen atoms in total. The van der Waals surface area contributed by atoms with Crippen molar-refractivity contribution in [1.29, 1.82) is 0 Å².